The third kappa shape index (κ3) is 4.82. The molecular weight excluding hydrogens is 294 g/mol. The topological polar surface area (TPSA) is 9.23 Å². The van der Waals surface area contributed by atoms with E-state index in [2.05, 4.69) is 11.8 Å². The van der Waals surface area contributed by atoms with E-state index in [0.29, 0.717) is 5.56 Å². The number of benzene rings is 2. The van der Waals surface area contributed by atoms with Gasteiger partial charge in [0.2, 0.25) is 0 Å². The first-order chi connectivity index (χ1) is 11.2. The highest BCUT2D eigenvalue weighted by atomic mass is 19.2. The molecule has 0 atom stereocenters. The summed E-state index contributed by atoms with van der Waals surface area (Å²) < 4.78 is 31.6. The van der Waals surface area contributed by atoms with Gasteiger partial charge >= 0.3 is 0 Å². The second-order valence-electron chi connectivity index (χ2n) is 5.84. The molecule has 2 aromatic rings. The monoisotopic (exact) mass is 312 g/mol. The molecule has 3 rings (SSSR count). The molecule has 1 saturated carbocycles. The van der Waals surface area contributed by atoms with E-state index in [0.717, 1.165) is 42.4 Å². The van der Waals surface area contributed by atoms with Crippen LogP contribution in [0.15, 0.2) is 42.5 Å². The highest BCUT2D eigenvalue weighted by Gasteiger charge is 2.20. The molecule has 0 heterocycles. The summed E-state index contributed by atoms with van der Waals surface area (Å²) in [5.41, 5.74) is 1.25. The largest absolute Gasteiger partial charge is 0.494 e. The molecule has 0 N–H and O–H groups in total. The van der Waals surface area contributed by atoms with Gasteiger partial charge in [-0.15, -0.1) is 0 Å². The second-order valence-corrected chi connectivity index (χ2v) is 5.84. The first-order valence-corrected chi connectivity index (χ1v) is 7.90. The predicted octanol–water partition coefficient (Wildman–Crippen LogP) is 4.93. The van der Waals surface area contributed by atoms with Crippen molar-refractivity contribution in [1.82, 2.24) is 0 Å². The van der Waals surface area contributed by atoms with Crippen molar-refractivity contribution in [3.63, 3.8) is 0 Å². The summed E-state index contributed by atoms with van der Waals surface area (Å²) >= 11 is 0. The zero-order chi connectivity index (χ0) is 16.1. The van der Waals surface area contributed by atoms with Gasteiger partial charge in [-0.1, -0.05) is 24.7 Å². The highest BCUT2D eigenvalue weighted by molar-refractivity contribution is 5.44. The summed E-state index contributed by atoms with van der Waals surface area (Å²) in [6.45, 7) is 0.746. The van der Waals surface area contributed by atoms with Gasteiger partial charge in [0.05, 0.1) is 6.61 Å². The summed E-state index contributed by atoms with van der Waals surface area (Å²) in [5.74, 6) is 5.78. The molecule has 2 aromatic carbocycles. The molecule has 0 bridgehead atoms. The zero-order valence-corrected chi connectivity index (χ0v) is 12.8. The molecule has 3 heteroatoms. The average Bonchev–Trinajstić information content (AvgIpc) is 3.38. The molecule has 118 valence electrons. The Labute approximate surface area is 135 Å². The van der Waals surface area contributed by atoms with Crippen LogP contribution < -0.4 is 4.74 Å². The Hall–Kier alpha value is -2.34. The first-order valence-electron chi connectivity index (χ1n) is 7.90. The lowest BCUT2D eigenvalue weighted by Gasteiger charge is -2.05. The van der Waals surface area contributed by atoms with E-state index in [4.69, 9.17) is 4.74 Å². The van der Waals surface area contributed by atoms with Gasteiger partial charge in [-0.05, 0) is 61.2 Å². The van der Waals surface area contributed by atoms with E-state index in [9.17, 15) is 8.78 Å². The predicted molar refractivity (Wildman–Crippen MR) is 86.2 cm³/mol. The van der Waals surface area contributed by atoms with Crippen molar-refractivity contribution in [2.75, 3.05) is 6.61 Å². The maximum Gasteiger partial charge on any atom is 0.160 e. The Morgan fingerprint density at radius 3 is 2.30 bits per heavy atom. The summed E-state index contributed by atoms with van der Waals surface area (Å²) in [6, 6.07) is 11.1. The van der Waals surface area contributed by atoms with Gasteiger partial charge in [0, 0.05) is 11.1 Å². The van der Waals surface area contributed by atoms with Crippen LogP contribution in [0.5, 0.6) is 5.75 Å². The van der Waals surface area contributed by atoms with Crippen LogP contribution in [0.2, 0.25) is 0 Å². The Kier molecular flexibility index (Phi) is 4.92. The SMILES string of the molecule is Fc1ccc(C#Cc2ccc(OCCCC3CC3)cc2)cc1F. The van der Waals surface area contributed by atoms with Gasteiger partial charge in [0.15, 0.2) is 11.6 Å². The third-order valence-electron chi connectivity index (χ3n) is 3.85. The van der Waals surface area contributed by atoms with E-state index in [1.165, 1.54) is 25.3 Å². The molecule has 0 aromatic heterocycles. The van der Waals surface area contributed by atoms with Crippen molar-refractivity contribution < 1.29 is 13.5 Å². The van der Waals surface area contributed by atoms with Gasteiger partial charge < -0.3 is 4.74 Å². The van der Waals surface area contributed by atoms with Gasteiger partial charge in [-0.3, -0.25) is 0 Å². The zero-order valence-electron chi connectivity index (χ0n) is 12.8. The molecule has 1 aliphatic carbocycles. The molecule has 0 amide bonds. The van der Waals surface area contributed by atoms with Crippen LogP contribution in [0.25, 0.3) is 0 Å². The standard InChI is InChI=1S/C20H18F2O/c21-19-12-9-17(14-20(19)22)6-5-16-7-10-18(11-8-16)23-13-1-2-15-3-4-15/h7-12,14-15H,1-4,13H2. The van der Waals surface area contributed by atoms with Crippen molar-refractivity contribution in [3.05, 3.63) is 65.2 Å². The summed E-state index contributed by atoms with van der Waals surface area (Å²) in [7, 11) is 0. The summed E-state index contributed by atoms with van der Waals surface area (Å²) in [4.78, 5) is 0. The summed E-state index contributed by atoms with van der Waals surface area (Å²) in [6.07, 6.45) is 5.12. The summed E-state index contributed by atoms with van der Waals surface area (Å²) in [5, 5.41) is 0. The third-order valence-corrected chi connectivity index (χ3v) is 3.85. The van der Waals surface area contributed by atoms with E-state index in [-0.39, 0.29) is 0 Å². The quantitative estimate of drug-likeness (QED) is 0.561. The van der Waals surface area contributed by atoms with Crippen LogP contribution in [-0.4, -0.2) is 6.61 Å². The van der Waals surface area contributed by atoms with E-state index >= 15 is 0 Å². The maximum atomic E-state index is 13.1. The van der Waals surface area contributed by atoms with Crippen molar-refractivity contribution in [2.24, 2.45) is 5.92 Å². The van der Waals surface area contributed by atoms with Crippen molar-refractivity contribution >= 4 is 0 Å². The van der Waals surface area contributed by atoms with Gasteiger partial charge in [0.25, 0.3) is 0 Å². The van der Waals surface area contributed by atoms with E-state index < -0.39 is 11.6 Å². The van der Waals surface area contributed by atoms with Crippen molar-refractivity contribution in [1.29, 1.82) is 0 Å². The molecule has 1 nitrogen and oxygen atoms in total. The normalized spacial score (nSPS) is 13.3. The fourth-order valence-electron chi connectivity index (χ4n) is 2.32. The van der Waals surface area contributed by atoms with Gasteiger partial charge in [0.1, 0.15) is 5.75 Å². The van der Waals surface area contributed by atoms with Crippen molar-refractivity contribution in [2.45, 2.75) is 25.7 Å². The first kappa shape index (κ1) is 15.6. The van der Waals surface area contributed by atoms with Crippen LogP contribution >= 0.6 is 0 Å². The molecule has 0 radical (unpaired) electrons. The lowest BCUT2D eigenvalue weighted by Crippen LogP contribution is -1.97. The molecular formula is C20H18F2O. The van der Waals surface area contributed by atoms with Crippen LogP contribution in [0.1, 0.15) is 36.8 Å². The fourth-order valence-corrected chi connectivity index (χ4v) is 2.32. The molecule has 1 aliphatic rings. The Balaban J connectivity index is 1.54. The Morgan fingerprint density at radius 1 is 0.913 bits per heavy atom. The Bertz CT molecular complexity index is 722. The molecule has 0 spiro atoms. The molecule has 0 saturated heterocycles. The molecule has 1 fully saturated rings. The minimum absolute atomic E-state index is 0.448. The fraction of sp³-hybridized carbons (Fsp3) is 0.300. The number of rotatable bonds is 5. The van der Waals surface area contributed by atoms with E-state index in [1.807, 2.05) is 24.3 Å². The van der Waals surface area contributed by atoms with Crippen molar-refractivity contribution in [3.8, 4) is 17.6 Å². The number of ether oxygens (including phenoxy) is 1. The lowest BCUT2D eigenvalue weighted by atomic mass is 10.1. The second kappa shape index (κ2) is 7.28. The maximum absolute atomic E-state index is 13.1. The van der Waals surface area contributed by atoms with Crippen LogP contribution in [0, 0.1) is 29.4 Å². The number of hydrogen-bond donors (Lipinski definition) is 0. The molecule has 23 heavy (non-hydrogen) atoms. The van der Waals surface area contributed by atoms with Crippen LogP contribution in [0.4, 0.5) is 8.78 Å². The Morgan fingerprint density at radius 2 is 1.61 bits per heavy atom. The van der Waals surface area contributed by atoms with Crippen LogP contribution in [0.3, 0.4) is 0 Å². The minimum Gasteiger partial charge on any atom is -0.494 e. The minimum atomic E-state index is -0.883. The van der Waals surface area contributed by atoms with Gasteiger partial charge in [-0.2, -0.15) is 0 Å². The average molecular weight is 312 g/mol. The number of hydrogen-bond acceptors (Lipinski definition) is 1. The number of halogens is 2. The van der Waals surface area contributed by atoms with E-state index in [1.54, 1.807) is 0 Å². The smallest absolute Gasteiger partial charge is 0.160 e. The molecule has 0 aliphatic heterocycles. The lowest BCUT2D eigenvalue weighted by molar-refractivity contribution is 0.303. The van der Waals surface area contributed by atoms with Gasteiger partial charge in [-0.25, -0.2) is 8.78 Å². The highest BCUT2D eigenvalue weighted by Crippen LogP contribution is 2.33. The van der Waals surface area contributed by atoms with Crippen LogP contribution in [-0.2, 0) is 0 Å². The molecule has 0 unspecified atom stereocenters.